The Kier molecular flexibility index (Phi) is 6.80. The summed E-state index contributed by atoms with van der Waals surface area (Å²) in [7, 11) is -0.470. The van der Waals surface area contributed by atoms with E-state index in [0.29, 0.717) is 18.3 Å². The van der Waals surface area contributed by atoms with Crippen molar-refractivity contribution in [3.8, 4) is 0 Å². The number of rotatable bonds is 8. The average molecular weight is 419 g/mol. The molecule has 2 N–H and O–H groups in total. The molecule has 0 saturated carbocycles. The SMILES string of the molecule is CN(C)CCn1cc(NC(=O)CNS(=O)(=O)c2cccc(C(F)(F)F)c2)cn1. The molecule has 2 rings (SSSR count). The predicted octanol–water partition coefficient (Wildman–Crippen LogP) is 1.38. The fraction of sp³-hybridized carbons (Fsp3) is 0.375. The number of likely N-dealkylation sites (N-methyl/N-ethyl adjacent to an activating group) is 1. The van der Waals surface area contributed by atoms with Gasteiger partial charge in [-0.1, -0.05) is 6.07 Å². The molecule has 12 heteroatoms. The Labute approximate surface area is 160 Å². The number of halogens is 3. The van der Waals surface area contributed by atoms with Gasteiger partial charge in [0.25, 0.3) is 0 Å². The Morgan fingerprint density at radius 1 is 1.29 bits per heavy atom. The van der Waals surface area contributed by atoms with Crippen molar-refractivity contribution in [2.45, 2.75) is 17.6 Å². The van der Waals surface area contributed by atoms with Gasteiger partial charge in [0.05, 0.1) is 35.4 Å². The van der Waals surface area contributed by atoms with Crippen molar-refractivity contribution < 1.29 is 26.4 Å². The predicted molar refractivity (Wildman–Crippen MR) is 96.0 cm³/mol. The van der Waals surface area contributed by atoms with Crippen LogP contribution in [0.2, 0.25) is 0 Å². The van der Waals surface area contributed by atoms with Crippen LogP contribution in [0.25, 0.3) is 0 Å². The van der Waals surface area contributed by atoms with Crippen LogP contribution in [0.15, 0.2) is 41.6 Å². The van der Waals surface area contributed by atoms with Crippen molar-refractivity contribution >= 4 is 21.6 Å². The highest BCUT2D eigenvalue weighted by molar-refractivity contribution is 7.89. The molecule has 0 saturated heterocycles. The average Bonchev–Trinajstić information content (AvgIpc) is 3.05. The van der Waals surface area contributed by atoms with Gasteiger partial charge in [-0.2, -0.15) is 18.3 Å². The number of nitrogens with zero attached hydrogens (tertiary/aromatic N) is 3. The molecule has 154 valence electrons. The standard InChI is InChI=1S/C16H20F3N5O3S/c1-23(2)6-7-24-11-13(9-20-24)22-15(25)10-21-28(26,27)14-5-3-4-12(8-14)16(17,18)19/h3-5,8-9,11,21H,6-7,10H2,1-2H3,(H,22,25). The molecule has 2 aromatic rings. The van der Waals surface area contributed by atoms with Crippen LogP contribution >= 0.6 is 0 Å². The normalized spacial score (nSPS) is 12.4. The van der Waals surface area contributed by atoms with E-state index in [1.165, 1.54) is 6.20 Å². The van der Waals surface area contributed by atoms with Gasteiger partial charge in [-0.05, 0) is 32.3 Å². The number of alkyl halides is 3. The number of hydrogen-bond donors (Lipinski definition) is 2. The molecule has 0 aliphatic carbocycles. The second kappa shape index (κ2) is 8.71. The summed E-state index contributed by atoms with van der Waals surface area (Å²) in [4.78, 5) is 13.3. The highest BCUT2D eigenvalue weighted by atomic mass is 32.2. The van der Waals surface area contributed by atoms with Crippen LogP contribution in [-0.2, 0) is 27.5 Å². The van der Waals surface area contributed by atoms with Crippen LogP contribution in [0, 0.1) is 0 Å². The third kappa shape index (κ3) is 6.32. The molecule has 0 atom stereocenters. The van der Waals surface area contributed by atoms with Gasteiger partial charge < -0.3 is 10.2 Å². The molecule has 1 aromatic heterocycles. The zero-order chi connectivity index (χ0) is 20.9. The number of aromatic nitrogens is 2. The number of nitrogens with one attached hydrogen (secondary N) is 2. The monoisotopic (exact) mass is 419 g/mol. The summed E-state index contributed by atoms with van der Waals surface area (Å²) in [5.74, 6) is -0.678. The molecule has 0 aliphatic heterocycles. The van der Waals surface area contributed by atoms with Crippen LogP contribution in [0.3, 0.4) is 0 Å². The zero-order valence-electron chi connectivity index (χ0n) is 15.2. The lowest BCUT2D eigenvalue weighted by Crippen LogP contribution is -2.33. The van der Waals surface area contributed by atoms with Gasteiger partial charge in [0.2, 0.25) is 15.9 Å². The van der Waals surface area contributed by atoms with Crippen LogP contribution < -0.4 is 10.0 Å². The van der Waals surface area contributed by atoms with Crippen LogP contribution in [-0.4, -0.2) is 56.2 Å². The largest absolute Gasteiger partial charge is 0.416 e. The molecule has 1 aromatic carbocycles. The van der Waals surface area contributed by atoms with Crippen LogP contribution in [0.4, 0.5) is 18.9 Å². The van der Waals surface area contributed by atoms with E-state index in [0.717, 1.165) is 24.7 Å². The molecule has 8 nitrogen and oxygen atoms in total. The van der Waals surface area contributed by atoms with Crippen molar-refractivity contribution in [1.29, 1.82) is 0 Å². The van der Waals surface area contributed by atoms with Gasteiger partial charge in [0.1, 0.15) is 0 Å². The molecule has 0 aliphatic rings. The van der Waals surface area contributed by atoms with Crippen LogP contribution in [0.1, 0.15) is 5.56 Å². The molecule has 1 amide bonds. The second-order valence-electron chi connectivity index (χ2n) is 6.19. The highest BCUT2D eigenvalue weighted by Crippen LogP contribution is 2.30. The minimum Gasteiger partial charge on any atom is -0.322 e. The van der Waals surface area contributed by atoms with Crippen molar-refractivity contribution in [3.05, 3.63) is 42.2 Å². The summed E-state index contributed by atoms with van der Waals surface area (Å²) in [6, 6.07) is 3.28. The summed E-state index contributed by atoms with van der Waals surface area (Å²) in [5.41, 5.74) is -0.716. The minimum absolute atomic E-state index is 0.377. The molecule has 0 spiro atoms. The van der Waals surface area contributed by atoms with E-state index in [1.807, 2.05) is 23.7 Å². The fourth-order valence-electron chi connectivity index (χ4n) is 2.14. The van der Waals surface area contributed by atoms with Crippen molar-refractivity contribution in [2.24, 2.45) is 0 Å². The number of anilines is 1. The summed E-state index contributed by atoms with van der Waals surface area (Å²) in [5, 5.41) is 6.53. The molecular formula is C16H20F3N5O3S. The van der Waals surface area contributed by atoms with E-state index in [9.17, 15) is 26.4 Å². The lowest BCUT2D eigenvalue weighted by molar-refractivity contribution is -0.137. The molecule has 28 heavy (non-hydrogen) atoms. The number of amides is 1. The first-order valence-corrected chi connectivity index (χ1v) is 9.59. The van der Waals surface area contributed by atoms with Crippen LogP contribution in [0.5, 0.6) is 0 Å². The van der Waals surface area contributed by atoms with E-state index in [1.54, 1.807) is 10.9 Å². The first-order chi connectivity index (χ1) is 13.0. The Hall–Kier alpha value is -2.44. The fourth-order valence-corrected chi connectivity index (χ4v) is 3.17. The van der Waals surface area contributed by atoms with Gasteiger partial charge in [0, 0.05) is 12.7 Å². The number of carbonyl (C=O) groups is 1. The maximum Gasteiger partial charge on any atom is 0.416 e. The summed E-state index contributed by atoms with van der Waals surface area (Å²) < 4.78 is 66.0. The molecule has 0 bridgehead atoms. The third-order valence-electron chi connectivity index (χ3n) is 3.59. The van der Waals surface area contributed by atoms with E-state index >= 15 is 0 Å². The van der Waals surface area contributed by atoms with Crippen molar-refractivity contribution in [2.75, 3.05) is 32.5 Å². The number of sulfonamides is 1. The smallest absolute Gasteiger partial charge is 0.322 e. The lowest BCUT2D eigenvalue weighted by atomic mass is 10.2. The van der Waals surface area contributed by atoms with E-state index in [-0.39, 0.29) is 0 Å². The Morgan fingerprint density at radius 2 is 2.00 bits per heavy atom. The second-order valence-corrected chi connectivity index (χ2v) is 7.96. The topological polar surface area (TPSA) is 96.3 Å². The zero-order valence-corrected chi connectivity index (χ0v) is 16.0. The van der Waals surface area contributed by atoms with Crippen molar-refractivity contribution in [3.63, 3.8) is 0 Å². The molecule has 0 fully saturated rings. The first-order valence-electron chi connectivity index (χ1n) is 8.11. The summed E-state index contributed by atoms with van der Waals surface area (Å²) >= 11 is 0. The number of carbonyl (C=O) groups excluding carboxylic acids is 1. The quantitative estimate of drug-likeness (QED) is 0.674. The first kappa shape index (κ1) is 21.9. The number of benzene rings is 1. The molecule has 0 radical (unpaired) electrons. The van der Waals surface area contributed by atoms with Gasteiger partial charge in [0.15, 0.2) is 0 Å². The Balaban J connectivity index is 1.95. The summed E-state index contributed by atoms with van der Waals surface area (Å²) in [6.45, 7) is 0.707. The highest BCUT2D eigenvalue weighted by Gasteiger charge is 2.31. The van der Waals surface area contributed by atoms with Gasteiger partial charge in [-0.15, -0.1) is 0 Å². The summed E-state index contributed by atoms with van der Waals surface area (Å²) in [6.07, 6.45) is -1.67. The Bertz CT molecular complexity index is 926. The van der Waals surface area contributed by atoms with Gasteiger partial charge in [-0.3, -0.25) is 9.48 Å². The third-order valence-corrected chi connectivity index (χ3v) is 4.99. The van der Waals surface area contributed by atoms with Gasteiger partial charge in [-0.25, -0.2) is 13.1 Å². The number of hydrogen-bond acceptors (Lipinski definition) is 5. The molecular weight excluding hydrogens is 399 g/mol. The van der Waals surface area contributed by atoms with Crippen molar-refractivity contribution in [1.82, 2.24) is 19.4 Å². The van der Waals surface area contributed by atoms with E-state index in [2.05, 4.69) is 10.4 Å². The Morgan fingerprint density at radius 3 is 2.64 bits per heavy atom. The minimum atomic E-state index is -4.67. The maximum absolute atomic E-state index is 12.7. The van der Waals surface area contributed by atoms with Gasteiger partial charge >= 0.3 is 6.18 Å². The maximum atomic E-state index is 12.7. The molecule has 0 unspecified atom stereocenters. The van der Waals surface area contributed by atoms with E-state index in [4.69, 9.17) is 0 Å². The lowest BCUT2D eigenvalue weighted by Gasteiger charge is -2.10. The molecule has 1 heterocycles. The van der Waals surface area contributed by atoms with E-state index < -0.39 is 39.1 Å².